The van der Waals surface area contributed by atoms with Crippen molar-refractivity contribution in [3.8, 4) is 0 Å². The molecule has 1 amide bonds. The summed E-state index contributed by atoms with van der Waals surface area (Å²) in [6, 6.07) is 0. The van der Waals surface area contributed by atoms with Crippen LogP contribution in [0.5, 0.6) is 0 Å². The summed E-state index contributed by atoms with van der Waals surface area (Å²) in [6.45, 7) is 1.35. The summed E-state index contributed by atoms with van der Waals surface area (Å²) >= 11 is 5.03. The lowest BCUT2D eigenvalue weighted by Crippen LogP contribution is -2.31. The topological polar surface area (TPSA) is 71.9 Å². The first-order chi connectivity index (χ1) is 9.16. The number of aromatic nitrogens is 3. The summed E-state index contributed by atoms with van der Waals surface area (Å²) in [4.78, 5) is 11.7. The first kappa shape index (κ1) is 14.2. The van der Waals surface area contributed by atoms with Gasteiger partial charge in [-0.15, -0.1) is 0 Å². The fraction of sp³-hybridized carbons (Fsp3) is 0.750. The molecule has 2 rings (SSSR count). The number of carbonyl (C=O) groups excluding carboxylic acids is 1. The van der Waals surface area contributed by atoms with Crippen molar-refractivity contribution < 1.29 is 9.53 Å². The molecule has 0 spiro atoms. The van der Waals surface area contributed by atoms with E-state index in [0.717, 1.165) is 31.7 Å². The van der Waals surface area contributed by atoms with Crippen LogP contribution in [0, 0.1) is 4.77 Å². The summed E-state index contributed by atoms with van der Waals surface area (Å²) in [5.41, 5.74) is 0. The zero-order chi connectivity index (χ0) is 13.7. The van der Waals surface area contributed by atoms with E-state index in [9.17, 15) is 4.79 Å². The summed E-state index contributed by atoms with van der Waals surface area (Å²) in [5.74, 6) is 0.892. The minimum absolute atomic E-state index is 0.0451. The molecule has 1 aromatic heterocycles. The van der Waals surface area contributed by atoms with Gasteiger partial charge in [0.2, 0.25) is 5.91 Å². The minimum Gasteiger partial charge on any atom is -0.378 e. The van der Waals surface area contributed by atoms with Gasteiger partial charge >= 0.3 is 0 Å². The van der Waals surface area contributed by atoms with Crippen LogP contribution in [-0.2, 0) is 23.0 Å². The first-order valence-electron chi connectivity index (χ1n) is 6.65. The molecule has 0 bridgehead atoms. The number of aromatic amines is 1. The lowest BCUT2D eigenvalue weighted by Gasteiger charge is -2.21. The lowest BCUT2D eigenvalue weighted by molar-refractivity contribution is -0.124. The lowest BCUT2D eigenvalue weighted by atomic mass is 10.1. The molecule has 0 saturated carbocycles. The van der Waals surface area contributed by atoms with Crippen LogP contribution in [0.4, 0.5) is 0 Å². The number of hydrogen-bond donors (Lipinski definition) is 2. The van der Waals surface area contributed by atoms with E-state index < -0.39 is 0 Å². The van der Waals surface area contributed by atoms with Crippen LogP contribution in [0.2, 0.25) is 0 Å². The van der Waals surface area contributed by atoms with Gasteiger partial charge in [-0.2, -0.15) is 5.10 Å². The molecule has 6 nitrogen and oxygen atoms in total. The van der Waals surface area contributed by atoms with Gasteiger partial charge in [0.05, 0.1) is 12.5 Å². The summed E-state index contributed by atoms with van der Waals surface area (Å²) in [5, 5.41) is 9.72. The third-order valence-corrected chi connectivity index (χ3v) is 3.70. The van der Waals surface area contributed by atoms with E-state index >= 15 is 0 Å². The summed E-state index contributed by atoms with van der Waals surface area (Å²) < 4.78 is 7.95. The molecule has 1 aliphatic heterocycles. The molecular weight excluding hydrogens is 264 g/mol. The van der Waals surface area contributed by atoms with Crippen LogP contribution in [0.1, 0.15) is 31.5 Å². The molecule has 0 radical (unpaired) electrons. The van der Waals surface area contributed by atoms with Gasteiger partial charge in [0, 0.05) is 26.6 Å². The molecule has 1 fully saturated rings. The maximum absolute atomic E-state index is 11.7. The van der Waals surface area contributed by atoms with Crippen molar-refractivity contribution in [2.75, 3.05) is 13.2 Å². The van der Waals surface area contributed by atoms with Crippen LogP contribution >= 0.6 is 12.2 Å². The molecule has 106 valence electrons. The Balaban J connectivity index is 1.69. The molecule has 2 heterocycles. The summed E-state index contributed by atoms with van der Waals surface area (Å²) in [7, 11) is 1.86. The number of amides is 1. The Morgan fingerprint density at radius 2 is 2.47 bits per heavy atom. The van der Waals surface area contributed by atoms with E-state index in [1.54, 1.807) is 0 Å². The Morgan fingerprint density at radius 3 is 3.11 bits per heavy atom. The van der Waals surface area contributed by atoms with Crippen molar-refractivity contribution in [3.63, 3.8) is 0 Å². The van der Waals surface area contributed by atoms with Crippen molar-refractivity contribution in [1.82, 2.24) is 20.1 Å². The van der Waals surface area contributed by atoms with Gasteiger partial charge < -0.3 is 14.6 Å². The highest BCUT2D eigenvalue weighted by Gasteiger charge is 2.17. The molecule has 0 aromatic carbocycles. The number of ether oxygens (including phenoxy) is 1. The average molecular weight is 284 g/mol. The highest BCUT2D eigenvalue weighted by molar-refractivity contribution is 7.71. The standard InChI is InChI=1S/C12H20N4O2S/c1-16-10(14-15-12(16)19)5-6-13-11(17)8-9-4-2-3-7-18-9/h9H,2-8H2,1H3,(H,13,17)(H,15,19)/t9-/m1/s1. The van der Waals surface area contributed by atoms with E-state index in [1.165, 1.54) is 0 Å². The Kier molecular flexibility index (Phi) is 5.09. The first-order valence-corrected chi connectivity index (χ1v) is 7.06. The number of nitrogens with zero attached hydrogens (tertiary/aromatic N) is 2. The van der Waals surface area contributed by atoms with Crippen LogP contribution in [0.25, 0.3) is 0 Å². The highest BCUT2D eigenvalue weighted by atomic mass is 32.1. The molecule has 1 saturated heterocycles. The van der Waals surface area contributed by atoms with Crippen molar-refractivity contribution in [3.05, 3.63) is 10.6 Å². The van der Waals surface area contributed by atoms with Gasteiger partial charge in [-0.05, 0) is 31.5 Å². The quantitative estimate of drug-likeness (QED) is 0.794. The maximum Gasteiger partial charge on any atom is 0.222 e. The normalized spacial score (nSPS) is 19.3. The van der Waals surface area contributed by atoms with E-state index in [-0.39, 0.29) is 12.0 Å². The van der Waals surface area contributed by atoms with Crippen molar-refractivity contribution in [2.24, 2.45) is 7.05 Å². The number of carbonyl (C=O) groups is 1. The van der Waals surface area contributed by atoms with Crippen LogP contribution in [0.3, 0.4) is 0 Å². The fourth-order valence-corrected chi connectivity index (χ4v) is 2.32. The second kappa shape index (κ2) is 6.81. The van der Waals surface area contributed by atoms with Crippen molar-refractivity contribution >= 4 is 18.1 Å². The molecule has 0 aliphatic carbocycles. The van der Waals surface area contributed by atoms with Gasteiger partial charge in [-0.25, -0.2) is 0 Å². The Labute approximate surface area is 117 Å². The van der Waals surface area contributed by atoms with Crippen LogP contribution in [0.15, 0.2) is 0 Å². The Hall–Kier alpha value is -1.21. The Morgan fingerprint density at radius 1 is 1.63 bits per heavy atom. The van der Waals surface area contributed by atoms with Crippen molar-refractivity contribution in [2.45, 2.75) is 38.2 Å². The molecule has 2 N–H and O–H groups in total. The van der Waals surface area contributed by atoms with Gasteiger partial charge in [-0.3, -0.25) is 9.89 Å². The van der Waals surface area contributed by atoms with E-state index in [2.05, 4.69) is 15.5 Å². The third kappa shape index (κ3) is 4.14. The SMILES string of the molecule is Cn1c(CCNC(=O)C[C@H]2CCCCO2)n[nH]c1=S. The van der Waals surface area contributed by atoms with Crippen LogP contribution in [-0.4, -0.2) is 39.9 Å². The number of H-pyrrole nitrogens is 1. The molecule has 1 aromatic rings. The molecular formula is C12H20N4O2S. The summed E-state index contributed by atoms with van der Waals surface area (Å²) in [6.07, 6.45) is 4.47. The van der Waals surface area contributed by atoms with Gasteiger partial charge in [0.1, 0.15) is 5.82 Å². The maximum atomic E-state index is 11.7. The van der Waals surface area contributed by atoms with E-state index in [0.29, 0.717) is 24.2 Å². The number of hydrogen-bond acceptors (Lipinski definition) is 4. The number of rotatable bonds is 5. The third-order valence-electron chi connectivity index (χ3n) is 3.33. The monoisotopic (exact) mass is 284 g/mol. The molecule has 19 heavy (non-hydrogen) atoms. The largest absolute Gasteiger partial charge is 0.378 e. The zero-order valence-electron chi connectivity index (χ0n) is 11.1. The average Bonchev–Trinajstić information content (AvgIpc) is 2.72. The van der Waals surface area contributed by atoms with E-state index in [1.807, 2.05) is 11.6 Å². The van der Waals surface area contributed by atoms with Crippen molar-refractivity contribution in [1.29, 1.82) is 0 Å². The smallest absolute Gasteiger partial charge is 0.222 e. The molecule has 1 atom stereocenters. The van der Waals surface area contributed by atoms with Crippen LogP contribution < -0.4 is 5.32 Å². The number of nitrogens with one attached hydrogen (secondary N) is 2. The Bertz CT molecular complexity index is 476. The van der Waals surface area contributed by atoms with E-state index in [4.69, 9.17) is 17.0 Å². The second-order valence-electron chi connectivity index (χ2n) is 4.80. The van der Waals surface area contributed by atoms with Gasteiger partial charge in [-0.1, -0.05) is 0 Å². The fourth-order valence-electron chi connectivity index (χ4n) is 2.16. The van der Waals surface area contributed by atoms with Gasteiger partial charge in [0.25, 0.3) is 0 Å². The molecule has 7 heteroatoms. The molecule has 0 unspecified atom stereocenters. The second-order valence-corrected chi connectivity index (χ2v) is 5.18. The zero-order valence-corrected chi connectivity index (χ0v) is 12.0. The molecule has 1 aliphatic rings. The van der Waals surface area contributed by atoms with Gasteiger partial charge in [0.15, 0.2) is 4.77 Å². The predicted molar refractivity (Wildman–Crippen MR) is 73.3 cm³/mol. The highest BCUT2D eigenvalue weighted by Crippen LogP contribution is 2.15. The predicted octanol–water partition coefficient (Wildman–Crippen LogP) is 1.10. The minimum atomic E-state index is 0.0451.